The fourth-order valence-corrected chi connectivity index (χ4v) is 2.89. The van der Waals surface area contributed by atoms with E-state index >= 15 is 0 Å². The number of esters is 1. The van der Waals surface area contributed by atoms with Crippen molar-refractivity contribution >= 4 is 45.7 Å². The molecule has 0 spiro atoms. The Kier molecular flexibility index (Phi) is 12.5. The highest BCUT2D eigenvalue weighted by molar-refractivity contribution is 8.31. The molecule has 0 aromatic heterocycles. The van der Waals surface area contributed by atoms with Crippen molar-refractivity contribution in [3.8, 4) is 0 Å². The van der Waals surface area contributed by atoms with Crippen LogP contribution in [0.2, 0.25) is 0 Å². The second-order valence-electron chi connectivity index (χ2n) is 4.77. The summed E-state index contributed by atoms with van der Waals surface area (Å²) in [6.07, 6.45) is 4.38. The topological polar surface area (TPSA) is 104 Å². The molecule has 7 nitrogen and oxygen atoms in total. The summed E-state index contributed by atoms with van der Waals surface area (Å²) in [7, 11) is 1.36. The smallest absolute Gasteiger partial charge is 0.317 e. The van der Waals surface area contributed by atoms with Crippen LogP contribution in [0.5, 0.6) is 0 Å². The molecule has 23 heavy (non-hydrogen) atoms. The van der Waals surface area contributed by atoms with Gasteiger partial charge in [-0.1, -0.05) is 20.3 Å². The van der Waals surface area contributed by atoms with Gasteiger partial charge in [-0.3, -0.25) is 8.98 Å². The van der Waals surface area contributed by atoms with Gasteiger partial charge in [0.2, 0.25) is 0 Å². The molecule has 0 aromatic carbocycles. The third-order valence-electron chi connectivity index (χ3n) is 2.87. The minimum absolute atomic E-state index is 0. The summed E-state index contributed by atoms with van der Waals surface area (Å²) < 4.78 is 50.5. The van der Waals surface area contributed by atoms with Crippen LogP contribution in [-0.2, 0) is 32.1 Å². The van der Waals surface area contributed by atoms with Crippen LogP contribution >= 0.6 is 21.4 Å². The zero-order chi connectivity index (χ0) is 17.4. The summed E-state index contributed by atoms with van der Waals surface area (Å²) in [6, 6.07) is 0. The molecule has 1 rings (SSSR count). The molecule has 140 valence electrons. The van der Waals surface area contributed by atoms with E-state index in [2.05, 4.69) is 21.4 Å². The molecule has 2 atom stereocenters. The SMILES string of the molecule is C.CCOC(=O)CC1CCCCC1OS(C)(=O)=O.O=S(=O)(Cl)Cl. The number of hydrogen-bond donors (Lipinski definition) is 0. The van der Waals surface area contributed by atoms with Gasteiger partial charge >= 0.3 is 14.2 Å². The fourth-order valence-electron chi connectivity index (χ4n) is 2.19. The van der Waals surface area contributed by atoms with Crippen molar-refractivity contribution < 1.29 is 30.6 Å². The third kappa shape index (κ3) is 16.5. The molecule has 11 heteroatoms. The minimum atomic E-state index is -3.72. The molecule has 0 aromatic rings. The molecular formula is C12H24Cl2O7S2. The van der Waals surface area contributed by atoms with Gasteiger partial charge in [-0.05, 0) is 25.7 Å². The van der Waals surface area contributed by atoms with E-state index in [0.717, 1.165) is 25.5 Å². The van der Waals surface area contributed by atoms with Gasteiger partial charge in [0, 0.05) is 21.4 Å². The van der Waals surface area contributed by atoms with Crippen molar-refractivity contribution in [2.75, 3.05) is 12.9 Å². The van der Waals surface area contributed by atoms with Gasteiger partial charge in [-0.25, -0.2) is 0 Å². The molecule has 1 aliphatic rings. The number of carbonyl (C=O) groups is 1. The van der Waals surface area contributed by atoms with Crippen molar-refractivity contribution in [2.24, 2.45) is 5.92 Å². The molecule has 0 aliphatic heterocycles. The molecule has 1 fully saturated rings. The van der Waals surface area contributed by atoms with Crippen molar-refractivity contribution in [3.63, 3.8) is 0 Å². The molecule has 0 amide bonds. The van der Waals surface area contributed by atoms with Gasteiger partial charge in [0.05, 0.1) is 25.4 Å². The molecule has 0 radical (unpaired) electrons. The van der Waals surface area contributed by atoms with E-state index in [1.54, 1.807) is 6.92 Å². The van der Waals surface area contributed by atoms with Crippen LogP contribution < -0.4 is 0 Å². The lowest BCUT2D eigenvalue weighted by atomic mass is 9.84. The molecular weight excluding hydrogens is 391 g/mol. The Morgan fingerprint density at radius 3 is 2.04 bits per heavy atom. The number of hydrogen-bond acceptors (Lipinski definition) is 7. The second-order valence-corrected chi connectivity index (χ2v) is 10.0. The lowest BCUT2D eigenvalue weighted by Gasteiger charge is -2.29. The Balaban J connectivity index is 0. The summed E-state index contributed by atoms with van der Waals surface area (Å²) in [4.78, 5) is 11.4. The zero-order valence-corrected chi connectivity index (χ0v) is 15.5. The van der Waals surface area contributed by atoms with Gasteiger partial charge in [-0.15, -0.1) is 0 Å². The van der Waals surface area contributed by atoms with E-state index in [-0.39, 0.29) is 31.8 Å². The summed E-state index contributed by atoms with van der Waals surface area (Å²) in [5.41, 5.74) is 0. The number of ether oxygens (including phenoxy) is 1. The third-order valence-corrected chi connectivity index (χ3v) is 3.47. The minimum Gasteiger partial charge on any atom is -0.466 e. The highest BCUT2D eigenvalue weighted by atomic mass is 36.0. The lowest BCUT2D eigenvalue weighted by Crippen LogP contribution is -2.31. The highest BCUT2D eigenvalue weighted by Crippen LogP contribution is 2.30. The number of carbonyl (C=O) groups excluding carboxylic acids is 1. The Morgan fingerprint density at radius 2 is 1.61 bits per heavy atom. The average molecular weight is 415 g/mol. The predicted octanol–water partition coefficient (Wildman–Crippen LogP) is 2.82. The van der Waals surface area contributed by atoms with Gasteiger partial charge in [0.25, 0.3) is 10.1 Å². The van der Waals surface area contributed by atoms with Crippen LogP contribution in [0.1, 0.15) is 46.5 Å². The lowest BCUT2D eigenvalue weighted by molar-refractivity contribution is -0.145. The summed E-state index contributed by atoms with van der Waals surface area (Å²) in [5, 5.41) is 0. The van der Waals surface area contributed by atoms with E-state index in [4.69, 9.17) is 17.3 Å². The molecule has 0 heterocycles. The summed E-state index contributed by atoms with van der Waals surface area (Å²) >= 11 is 0. The number of halogens is 2. The maximum atomic E-state index is 11.4. The second kappa shape index (κ2) is 11.5. The van der Waals surface area contributed by atoms with Crippen molar-refractivity contribution in [1.29, 1.82) is 0 Å². The predicted molar refractivity (Wildman–Crippen MR) is 90.3 cm³/mol. The van der Waals surface area contributed by atoms with Crippen molar-refractivity contribution in [2.45, 2.75) is 52.6 Å². The summed E-state index contributed by atoms with van der Waals surface area (Å²) in [6.45, 7) is 2.10. The van der Waals surface area contributed by atoms with Crippen LogP contribution in [0.15, 0.2) is 0 Å². The number of rotatable bonds is 5. The Morgan fingerprint density at radius 1 is 1.13 bits per heavy atom. The van der Waals surface area contributed by atoms with Crippen LogP contribution in [0.4, 0.5) is 0 Å². The molecule has 0 bridgehead atoms. The van der Waals surface area contributed by atoms with E-state index in [1.807, 2.05) is 0 Å². The summed E-state index contributed by atoms with van der Waals surface area (Å²) in [5.74, 6) is -0.320. The fraction of sp³-hybridized carbons (Fsp3) is 0.917. The van der Waals surface area contributed by atoms with Gasteiger partial charge in [0.1, 0.15) is 0 Å². The molecule has 1 saturated carbocycles. The largest absolute Gasteiger partial charge is 0.466 e. The highest BCUT2D eigenvalue weighted by Gasteiger charge is 2.30. The van der Waals surface area contributed by atoms with Crippen molar-refractivity contribution in [1.82, 2.24) is 0 Å². The Labute approximate surface area is 147 Å². The first kappa shape index (κ1) is 25.2. The van der Waals surface area contributed by atoms with Crippen LogP contribution in [0.25, 0.3) is 0 Å². The first-order chi connectivity index (χ1) is 9.92. The van der Waals surface area contributed by atoms with Crippen LogP contribution in [0.3, 0.4) is 0 Å². The molecule has 0 N–H and O–H groups in total. The van der Waals surface area contributed by atoms with E-state index in [0.29, 0.717) is 13.0 Å². The van der Waals surface area contributed by atoms with E-state index < -0.39 is 18.4 Å². The van der Waals surface area contributed by atoms with Gasteiger partial charge in [-0.2, -0.15) is 16.8 Å². The normalized spacial score (nSPS) is 21.4. The van der Waals surface area contributed by atoms with E-state index in [1.165, 1.54) is 0 Å². The van der Waals surface area contributed by atoms with Crippen LogP contribution in [-0.4, -0.2) is 41.8 Å². The first-order valence-corrected chi connectivity index (χ1v) is 11.6. The average Bonchev–Trinajstić information content (AvgIpc) is 2.28. The van der Waals surface area contributed by atoms with Crippen LogP contribution in [0, 0.1) is 5.92 Å². The monoisotopic (exact) mass is 414 g/mol. The molecule has 1 aliphatic carbocycles. The maximum absolute atomic E-state index is 11.4. The van der Waals surface area contributed by atoms with Gasteiger partial charge in [0.15, 0.2) is 0 Å². The molecule has 2 unspecified atom stereocenters. The van der Waals surface area contributed by atoms with Crippen molar-refractivity contribution in [3.05, 3.63) is 0 Å². The van der Waals surface area contributed by atoms with Gasteiger partial charge < -0.3 is 4.74 Å². The first-order valence-electron chi connectivity index (χ1n) is 6.60. The molecule has 0 saturated heterocycles. The maximum Gasteiger partial charge on any atom is 0.317 e. The standard InChI is InChI=1S/C11H20O5S.CH4.Cl2O2S/c1-3-15-11(12)8-9-6-4-5-7-10(9)16-17(2,13)14;;1-5(2,3)4/h9-10H,3-8H2,1-2H3;1H4;. The Hall–Kier alpha value is -0.0900. The van der Waals surface area contributed by atoms with E-state index in [9.17, 15) is 13.2 Å². The Bertz CT molecular complexity index is 538. The zero-order valence-electron chi connectivity index (χ0n) is 12.3. The quantitative estimate of drug-likeness (QED) is 0.386.